The van der Waals surface area contributed by atoms with Crippen molar-refractivity contribution in [2.45, 2.75) is 25.3 Å². The zero-order valence-corrected chi connectivity index (χ0v) is 15.5. The van der Waals surface area contributed by atoms with E-state index in [0.29, 0.717) is 18.3 Å². The highest BCUT2D eigenvalue weighted by atomic mass is 19.1. The van der Waals surface area contributed by atoms with Crippen LogP contribution < -0.4 is 9.47 Å². The number of nitrogens with one attached hydrogen (secondary N) is 1. The van der Waals surface area contributed by atoms with E-state index in [1.165, 1.54) is 11.6 Å². The summed E-state index contributed by atoms with van der Waals surface area (Å²) < 4.78 is 25.2. The Hall–Kier alpha value is -2.86. The fourth-order valence-electron chi connectivity index (χ4n) is 4.23. The SMILES string of the molecule is Fc1ccccc1-c1cn[nH]c1[C@H]1CCCN(Cc2ccc3c(c2)OCO3)C1. The predicted molar refractivity (Wildman–Crippen MR) is 104 cm³/mol. The third-order valence-corrected chi connectivity index (χ3v) is 5.59. The van der Waals surface area contributed by atoms with Gasteiger partial charge in [-0.2, -0.15) is 5.10 Å². The van der Waals surface area contributed by atoms with Crippen molar-refractivity contribution < 1.29 is 13.9 Å². The van der Waals surface area contributed by atoms with Crippen LogP contribution in [0.1, 0.15) is 30.0 Å². The normalized spacial score (nSPS) is 19.1. The van der Waals surface area contributed by atoms with Crippen LogP contribution >= 0.6 is 0 Å². The molecule has 2 aromatic carbocycles. The minimum atomic E-state index is -0.210. The van der Waals surface area contributed by atoms with Crippen molar-refractivity contribution in [3.63, 3.8) is 0 Å². The molecule has 0 radical (unpaired) electrons. The Morgan fingerprint density at radius 1 is 1.11 bits per heavy atom. The third-order valence-electron chi connectivity index (χ3n) is 5.59. The molecular weight excluding hydrogens is 357 g/mol. The maximum Gasteiger partial charge on any atom is 0.231 e. The lowest BCUT2D eigenvalue weighted by Gasteiger charge is -2.32. The van der Waals surface area contributed by atoms with Crippen molar-refractivity contribution in [2.24, 2.45) is 0 Å². The molecule has 28 heavy (non-hydrogen) atoms. The van der Waals surface area contributed by atoms with Crippen LogP contribution in [-0.4, -0.2) is 35.0 Å². The summed E-state index contributed by atoms with van der Waals surface area (Å²) in [7, 11) is 0. The van der Waals surface area contributed by atoms with Crippen LogP contribution in [0.25, 0.3) is 11.1 Å². The molecule has 0 bridgehead atoms. The van der Waals surface area contributed by atoms with E-state index in [4.69, 9.17) is 9.47 Å². The number of aromatic nitrogens is 2. The number of nitrogens with zero attached hydrogens (tertiary/aromatic N) is 2. The lowest BCUT2D eigenvalue weighted by Crippen LogP contribution is -2.34. The molecule has 0 unspecified atom stereocenters. The van der Waals surface area contributed by atoms with Crippen LogP contribution in [0.3, 0.4) is 0 Å². The average molecular weight is 379 g/mol. The fraction of sp³-hybridized carbons (Fsp3) is 0.318. The van der Waals surface area contributed by atoms with Gasteiger partial charge in [0.2, 0.25) is 6.79 Å². The van der Waals surface area contributed by atoms with Crippen LogP contribution in [0.5, 0.6) is 11.5 Å². The number of likely N-dealkylation sites (tertiary alicyclic amines) is 1. The predicted octanol–water partition coefficient (Wildman–Crippen LogP) is 4.32. The van der Waals surface area contributed by atoms with Gasteiger partial charge in [0.15, 0.2) is 11.5 Å². The first-order valence-electron chi connectivity index (χ1n) is 9.67. The largest absolute Gasteiger partial charge is 0.454 e. The summed E-state index contributed by atoms with van der Waals surface area (Å²) in [6, 6.07) is 13.0. The number of aromatic amines is 1. The molecule has 2 aliphatic heterocycles. The second-order valence-corrected chi connectivity index (χ2v) is 7.44. The van der Waals surface area contributed by atoms with Gasteiger partial charge in [0.25, 0.3) is 0 Å². The second-order valence-electron chi connectivity index (χ2n) is 7.44. The van der Waals surface area contributed by atoms with E-state index in [0.717, 1.165) is 55.2 Å². The first kappa shape index (κ1) is 17.3. The zero-order valence-electron chi connectivity index (χ0n) is 15.5. The lowest BCUT2D eigenvalue weighted by atomic mass is 9.90. The molecule has 0 amide bonds. The molecule has 6 heteroatoms. The molecule has 1 aromatic heterocycles. The zero-order chi connectivity index (χ0) is 18.9. The van der Waals surface area contributed by atoms with Gasteiger partial charge in [-0.15, -0.1) is 0 Å². The van der Waals surface area contributed by atoms with Crippen LogP contribution in [0.15, 0.2) is 48.7 Å². The van der Waals surface area contributed by atoms with E-state index in [-0.39, 0.29) is 5.82 Å². The molecule has 1 N–H and O–H groups in total. The molecule has 0 spiro atoms. The first-order chi connectivity index (χ1) is 13.8. The average Bonchev–Trinajstić information content (AvgIpc) is 3.38. The van der Waals surface area contributed by atoms with Gasteiger partial charge in [-0.05, 0) is 43.1 Å². The Bertz CT molecular complexity index is 987. The van der Waals surface area contributed by atoms with Crippen LogP contribution in [-0.2, 0) is 6.54 Å². The number of piperidine rings is 1. The Morgan fingerprint density at radius 3 is 2.93 bits per heavy atom. The molecule has 1 fully saturated rings. The molecule has 0 aliphatic carbocycles. The summed E-state index contributed by atoms with van der Waals surface area (Å²) in [5.74, 6) is 1.73. The number of halogens is 1. The summed E-state index contributed by atoms with van der Waals surface area (Å²) in [6.45, 7) is 3.12. The van der Waals surface area contributed by atoms with Crippen LogP contribution in [0.4, 0.5) is 4.39 Å². The van der Waals surface area contributed by atoms with Crippen LogP contribution in [0.2, 0.25) is 0 Å². The Morgan fingerprint density at radius 2 is 2.00 bits per heavy atom. The summed E-state index contributed by atoms with van der Waals surface area (Å²) in [6.07, 6.45) is 3.91. The number of ether oxygens (including phenoxy) is 2. The van der Waals surface area contributed by atoms with E-state index in [9.17, 15) is 4.39 Å². The highest BCUT2D eigenvalue weighted by Crippen LogP contribution is 2.36. The molecule has 3 aromatic rings. The molecule has 144 valence electrons. The van der Waals surface area contributed by atoms with Gasteiger partial charge in [0, 0.05) is 35.8 Å². The maximum atomic E-state index is 14.3. The van der Waals surface area contributed by atoms with Crippen molar-refractivity contribution in [3.8, 4) is 22.6 Å². The van der Waals surface area contributed by atoms with Crippen LogP contribution in [0, 0.1) is 5.82 Å². The summed E-state index contributed by atoms with van der Waals surface area (Å²) in [5, 5.41) is 7.36. The molecule has 5 nitrogen and oxygen atoms in total. The van der Waals surface area contributed by atoms with Gasteiger partial charge in [0.05, 0.1) is 6.20 Å². The number of hydrogen-bond acceptors (Lipinski definition) is 4. The number of rotatable bonds is 4. The van der Waals surface area contributed by atoms with Gasteiger partial charge < -0.3 is 9.47 Å². The highest BCUT2D eigenvalue weighted by Gasteiger charge is 2.26. The molecular formula is C22H22FN3O2. The smallest absolute Gasteiger partial charge is 0.231 e. The van der Waals surface area contributed by atoms with Gasteiger partial charge in [0.1, 0.15) is 5.82 Å². The van der Waals surface area contributed by atoms with Gasteiger partial charge >= 0.3 is 0 Å². The molecule has 0 saturated carbocycles. The van der Waals surface area contributed by atoms with E-state index in [1.807, 2.05) is 18.2 Å². The third kappa shape index (κ3) is 3.24. The number of hydrogen-bond donors (Lipinski definition) is 1. The second kappa shape index (κ2) is 7.28. The van der Waals surface area contributed by atoms with E-state index in [1.54, 1.807) is 12.3 Å². The van der Waals surface area contributed by atoms with E-state index >= 15 is 0 Å². The molecule has 2 aliphatic rings. The standard InChI is InChI=1S/C22H22FN3O2/c23-19-6-2-1-5-17(19)18-11-24-25-22(18)16-4-3-9-26(13-16)12-15-7-8-20-21(10-15)28-14-27-20/h1-2,5-8,10-11,16H,3-4,9,12-14H2,(H,24,25)/t16-/m0/s1. The fourth-order valence-corrected chi connectivity index (χ4v) is 4.23. The Labute approximate surface area is 163 Å². The first-order valence-corrected chi connectivity index (χ1v) is 9.67. The quantitative estimate of drug-likeness (QED) is 0.733. The molecule has 5 rings (SSSR count). The molecule has 1 saturated heterocycles. The number of H-pyrrole nitrogens is 1. The Kier molecular flexibility index (Phi) is 4.49. The van der Waals surface area contributed by atoms with E-state index < -0.39 is 0 Å². The number of fused-ring (bicyclic) bond motifs is 1. The van der Waals surface area contributed by atoms with Crippen molar-refractivity contribution in [1.29, 1.82) is 0 Å². The minimum Gasteiger partial charge on any atom is -0.454 e. The summed E-state index contributed by atoms with van der Waals surface area (Å²) in [4.78, 5) is 2.44. The minimum absolute atomic E-state index is 0.210. The van der Waals surface area contributed by atoms with Crippen molar-refractivity contribution in [2.75, 3.05) is 19.9 Å². The summed E-state index contributed by atoms with van der Waals surface area (Å²) >= 11 is 0. The van der Waals surface area contributed by atoms with Crippen molar-refractivity contribution >= 4 is 0 Å². The topological polar surface area (TPSA) is 50.4 Å². The molecule has 3 heterocycles. The van der Waals surface area contributed by atoms with Gasteiger partial charge in [-0.3, -0.25) is 10.00 Å². The lowest BCUT2D eigenvalue weighted by molar-refractivity contribution is 0.173. The van der Waals surface area contributed by atoms with Gasteiger partial charge in [-0.25, -0.2) is 4.39 Å². The highest BCUT2D eigenvalue weighted by molar-refractivity contribution is 5.66. The monoisotopic (exact) mass is 379 g/mol. The van der Waals surface area contributed by atoms with Gasteiger partial charge in [-0.1, -0.05) is 24.3 Å². The summed E-state index contributed by atoms with van der Waals surface area (Å²) in [5.41, 5.74) is 3.72. The molecule has 1 atom stereocenters. The maximum absolute atomic E-state index is 14.3. The van der Waals surface area contributed by atoms with Crippen molar-refractivity contribution in [1.82, 2.24) is 15.1 Å². The van der Waals surface area contributed by atoms with E-state index in [2.05, 4.69) is 27.2 Å². The number of benzene rings is 2. The van der Waals surface area contributed by atoms with Crippen molar-refractivity contribution in [3.05, 3.63) is 65.7 Å². The Balaban J connectivity index is 1.34.